The average Bonchev–Trinajstić information content (AvgIpc) is 3.82. The number of hydrogen-bond donors (Lipinski definition) is 2. The first-order valence-electron chi connectivity index (χ1n) is 21.3. The van der Waals surface area contributed by atoms with Gasteiger partial charge in [-0.2, -0.15) is 8.78 Å². The highest BCUT2D eigenvalue weighted by molar-refractivity contribution is 6.04. The fourth-order valence-corrected chi connectivity index (χ4v) is 9.52. The number of carbonyl (C=O) groups excluding carboxylic acids is 3. The number of aliphatic imine (C=N–C) groups is 1. The third-order valence-electron chi connectivity index (χ3n) is 13.0. The molecule has 1 aromatic heterocycles. The highest BCUT2D eigenvalue weighted by Crippen LogP contribution is 2.56. The Morgan fingerprint density at radius 3 is 2.21 bits per heavy atom. The number of benzene rings is 3. The van der Waals surface area contributed by atoms with Gasteiger partial charge in [-0.25, -0.2) is 14.6 Å². The third kappa shape index (κ3) is 7.50. The Morgan fingerprint density at radius 1 is 0.902 bits per heavy atom. The van der Waals surface area contributed by atoms with Gasteiger partial charge in [0.05, 0.1) is 31.1 Å². The maximum absolute atomic E-state index is 16.5. The molecule has 3 aromatic carbocycles. The Balaban J connectivity index is 0.891. The largest absolute Gasteiger partial charge is 0.453 e. The SMILES string of the molecule is COC(=O)N[C@H](C(=O)N1CC2(CC2)C[C@H]1C1=NC=C(c2ccc3c(c2)C(F)(F)c2cc(-c4ccc(-c5cnc([C@@H]6CCCN6C(=O)OC(C)(C)C)[nH]5)cc4)ccc2-3)C1)C(C)C. The van der Waals surface area contributed by atoms with Crippen LogP contribution in [0.3, 0.4) is 0 Å². The molecule has 4 aromatic rings. The number of aromatic amines is 1. The van der Waals surface area contributed by atoms with E-state index in [1.807, 2.05) is 75.9 Å². The molecular weight excluding hydrogens is 779 g/mol. The number of amides is 3. The highest BCUT2D eigenvalue weighted by atomic mass is 19.3. The number of nitrogens with zero attached hydrogens (tertiary/aromatic N) is 4. The number of allylic oxidation sites excluding steroid dienone is 1. The summed E-state index contributed by atoms with van der Waals surface area (Å²) in [5.41, 5.74) is 5.95. The summed E-state index contributed by atoms with van der Waals surface area (Å²) < 4.78 is 43.4. The van der Waals surface area contributed by atoms with E-state index < -0.39 is 23.7 Å². The van der Waals surface area contributed by atoms with Gasteiger partial charge in [-0.15, -0.1) is 0 Å². The van der Waals surface area contributed by atoms with Crippen LogP contribution in [0.2, 0.25) is 0 Å². The van der Waals surface area contributed by atoms with Gasteiger partial charge < -0.3 is 24.7 Å². The molecule has 0 bridgehead atoms. The van der Waals surface area contributed by atoms with E-state index in [2.05, 4.69) is 15.3 Å². The van der Waals surface area contributed by atoms with Crippen LogP contribution >= 0.6 is 0 Å². The van der Waals surface area contributed by atoms with Crippen molar-refractivity contribution in [3.05, 3.63) is 95.6 Å². The molecule has 3 amide bonds. The summed E-state index contributed by atoms with van der Waals surface area (Å²) in [6.45, 7) is 10.6. The molecule has 13 heteroatoms. The van der Waals surface area contributed by atoms with E-state index in [0.717, 1.165) is 60.2 Å². The molecule has 1 saturated carbocycles. The van der Waals surface area contributed by atoms with Crippen molar-refractivity contribution in [2.24, 2.45) is 16.3 Å². The van der Waals surface area contributed by atoms with Gasteiger partial charge in [0, 0.05) is 42.5 Å². The molecule has 2 saturated heterocycles. The molecule has 61 heavy (non-hydrogen) atoms. The maximum atomic E-state index is 16.5. The van der Waals surface area contributed by atoms with Gasteiger partial charge in [0.15, 0.2) is 0 Å². The first kappa shape index (κ1) is 40.6. The maximum Gasteiger partial charge on any atom is 0.410 e. The topological polar surface area (TPSA) is 129 Å². The zero-order chi connectivity index (χ0) is 43.0. The fraction of sp³-hybridized carbons (Fsp3) is 0.438. The minimum atomic E-state index is -3.22. The highest BCUT2D eigenvalue weighted by Gasteiger charge is 2.55. The number of likely N-dealkylation sites (tertiary alicyclic amines) is 2. The molecule has 0 unspecified atom stereocenters. The zero-order valence-electron chi connectivity index (χ0n) is 35.5. The molecule has 2 N–H and O–H groups in total. The predicted octanol–water partition coefficient (Wildman–Crippen LogP) is 9.88. The second-order valence-corrected chi connectivity index (χ2v) is 18.7. The first-order chi connectivity index (χ1) is 29.0. The number of alkyl halides is 2. The van der Waals surface area contributed by atoms with E-state index in [1.54, 1.807) is 41.6 Å². The molecule has 318 valence electrons. The lowest BCUT2D eigenvalue weighted by Crippen LogP contribution is -2.53. The number of rotatable bonds is 8. The van der Waals surface area contributed by atoms with Crippen molar-refractivity contribution < 1.29 is 32.6 Å². The summed E-state index contributed by atoms with van der Waals surface area (Å²) in [4.78, 5) is 55.4. The Morgan fingerprint density at radius 2 is 1.56 bits per heavy atom. The van der Waals surface area contributed by atoms with Gasteiger partial charge >= 0.3 is 12.2 Å². The van der Waals surface area contributed by atoms with Crippen molar-refractivity contribution in [2.45, 2.75) is 103 Å². The van der Waals surface area contributed by atoms with E-state index >= 15 is 8.78 Å². The minimum absolute atomic E-state index is 0.0296. The smallest absolute Gasteiger partial charge is 0.410 e. The van der Waals surface area contributed by atoms with Crippen molar-refractivity contribution in [1.29, 1.82) is 0 Å². The number of aromatic nitrogens is 2. The van der Waals surface area contributed by atoms with Gasteiger partial charge in [-0.1, -0.05) is 62.4 Å². The molecular formula is C48H52F2N6O5. The van der Waals surface area contributed by atoms with Gasteiger partial charge in [-0.05, 0) is 115 Å². The summed E-state index contributed by atoms with van der Waals surface area (Å²) >= 11 is 0. The van der Waals surface area contributed by atoms with Gasteiger partial charge in [0.2, 0.25) is 5.91 Å². The van der Waals surface area contributed by atoms with Crippen molar-refractivity contribution in [2.75, 3.05) is 20.2 Å². The third-order valence-corrected chi connectivity index (χ3v) is 13.0. The Labute approximate surface area is 354 Å². The molecule has 0 radical (unpaired) electrons. The molecule has 3 atom stereocenters. The van der Waals surface area contributed by atoms with Crippen LogP contribution in [0.4, 0.5) is 18.4 Å². The molecule has 1 spiro atoms. The standard InChI is InChI=1S/C48H52F2N6O5/c1-27(2)41(54-44(58)60-6)43(57)56-26-47(17-18-47)23-40(56)37-22-32(24-51-37)31-14-16-34-33-15-13-30(20-35(33)48(49,50)36(34)21-31)28-9-11-29(12-10-28)38-25-52-42(53-38)39-8-7-19-55(39)45(59)61-46(3,4)5/h9-16,20-21,24-25,27,39-41H,7-8,17-19,22-23,26H2,1-6H3,(H,52,53)(H,54,58)/t39-,40-,41-/m0/s1. The lowest BCUT2D eigenvalue weighted by molar-refractivity contribution is -0.134. The number of halogens is 2. The summed E-state index contributed by atoms with van der Waals surface area (Å²) in [6, 6.07) is 17.1. The fourth-order valence-electron chi connectivity index (χ4n) is 9.52. The molecule has 3 fully saturated rings. The summed E-state index contributed by atoms with van der Waals surface area (Å²) in [7, 11) is 1.28. The van der Waals surface area contributed by atoms with Crippen molar-refractivity contribution >= 4 is 29.4 Å². The molecule has 11 nitrogen and oxygen atoms in total. The van der Waals surface area contributed by atoms with E-state index in [9.17, 15) is 14.4 Å². The average molecular weight is 831 g/mol. The van der Waals surface area contributed by atoms with E-state index in [1.165, 1.54) is 7.11 Å². The summed E-state index contributed by atoms with van der Waals surface area (Å²) in [5.74, 6) is -2.82. The predicted molar refractivity (Wildman–Crippen MR) is 229 cm³/mol. The molecule has 4 heterocycles. The normalized spacial score (nSPS) is 21.3. The van der Waals surface area contributed by atoms with Gasteiger partial charge in [0.25, 0.3) is 5.92 Å². The summed E-state index contributed by atoms with van der Waals surface area (Å²) in [6.07, 6.45) is 7.48. The number of methoxy groups -OCH3 is 1. The zero-order valence-corrected chi connectivity index (χ0v) is 35.5. The van der Waals surface area contributed by atoms with Crippen LogP contribution in [0.25, 0.3) is 39.1 Å². The molecule has 9 rings (SSSR count). The van der Waals surface area contributed by atoms with Crippen LogP contribution in [0.5, 0.6) is 0 Å². The lowest BCUT2D eigenvalue weighted by atomic mass is 9.93. The second-order valence-electron chi connectivity index (χ2n) is 18.7. The Kier molecular flexibility index (Phi) is 9.94. The van der Waals surface area contributed by atoms with Crippen LogP contribution in [-0.2, 0) is 20.2 Å². The Bertz CT molecular complexity index is 2480. The summed E-state index contributed by atoms with van der Waals surface area (Å²) in [5, 5.41) is 2.72. The number of imidazole rings is 1. The number of H-pyrrole nitrogens is 1. The lowest BCUT2D eigenvalue weighted by Gasteiger charge is -2.31. The van der Waals surface area contributed by atoms with E-state index in [4.69, 9.17) is 14.5 Å². The van der Waals surface area contributed by atoms with Crippen LogP contribution in [0.15, 0.2) is 78.1 Å². The first-order valence-corrected chi connectivity index (χ1v) is 21.3. The quantitative estimate of drug-likeness (QED) is 0.182. The van der Waals surface area contributed by atoms with E-state index in [-0.39, 0.29) is 46.5 Å². The number of alkyl carbamates (subject to hydrolysis) is 1. The number of fused-ring (bicyclic) bond motifs is 3. The van der Waals surface area contributed by atoms with Crippen molar-refractivity contribution in [1.82, 2.24) is 25.1 Å². The monoisotopic (exact) mass is 830 g/mol. The second kappa shape index (κ2) is 15.0. The number of hydrogen-bond acceptors (Lipinski definition) is 7. The number of carbonyl (C=O) groups is 3. The van der Waals surface area contributed by atoms with E-state index in [0.29, 0.717) is 47.6 Å². The van der Waals surface area contributed by atoms with Crippen LogP contribution in [0.1, 0.15) is 102 Å². The number of nitrogens with one attached hydrogen (secondary N) is 2. The van der Waals surface area contributed by atoms with Crippen LogP contribution < -0.4 is 5.32 Å². The van der Waals surface area contributed by atoms with Crippen molar-refractivity contribution in [3.63, 3.8) is 0 Å². The molecule has 3 aliphatic heterocycles. The minimum Gasteiger partial charge on any atom is -0.453 e. The van der Waals surface area contributed by atoms with Crippen LogP contribution in [-0.4, -0.2) is 81.5 Å². The number of ether oxygens (including phenoxy) is 2. The Hall–Kier alpha value is -5.85. The molecule has 5 aliphatic rings. The van der Waals surface area contributed by atoms with Crippen molar-refractivity contribution in [3.8, 4) is 33.5 Å². The van der Waals surface area contributed by atoms with Crippen LogP contribution in [0, 0.1) is 11.3 Å². The van der Waals surface area contributed by atoms with Gasteiger partial charge in [0.1, 0.15) is 17.5 Å². The molecule has 2 aliphatic carbocycles. The van der Waals surface area contributed by atoms with Gasteiger partial charge in [-0.3, -0.25) is 14.7 Å².